The van der Waals surface area contributed by atoms with E-state index >= 15 is 0 Å². The molecule has 0 aliphatic heterocycles. The van der Waals surface area contributed by atoms with Crippen LogP contribution >= 0.6 is 0 Å². The smallest absolute Gasteiger partial charge is 0.262 e. The Bertz CT molecular complexity index is 858. The fourth-order valence-electron chi connectivity index (χ4n) is 1.94. The molecule has 1 aromatic heterocycles. The minimum Gasteiger partial charge on any atom is -0.545 e. The number of carboxylic acid groups (broad SMARTS) is 1. The molecule has 0 amide bonds. The highest BCUT2D eigenvalue weighted by atomic mass is 32.2. The molecule has 0 spiro atoms. The van der Waals surface area contributed by atoms with Gasteiger partial charge >= 0.3 is 0 Å². The maximum absolute atomic E-state index is 13.3. The van der Waals surface area contributed by atoms with E-state index in [-0.39, 0.29) is 4.90 Å². The Morgan fingerprint density at radius 2 is 2.00 bits per heavy atom. The summed E-state index contributed by atoms with van der Waals surface area (Å²) in [4.78, 5) is 10.4. The summed E-state index contributed by atoms with van der Waals surface area (Å²) in [6, 6.07) is 2.46. The lowest BCUT2D eigenvalue weighted by Crippen LogP contribution is -2.24. The number of anilines is 1. The third-order valence-corrected chi connectivity index (χ3v) is 4.56. The zero-order valence-electron chi connectivity index (χ0n) is 12.0. The molecule has 22 heavy (non-hydrogen) atoms. The summed E-state index contributed by atoms with van der Waals surface area (Å²) < 4.78 is 41.8. The number of nitrogens with one attached hydrogen (secondary N) is 1. The van der Waals surface area contributed by atoms with Gasteiger partial charge in [-0.15, -0.1) is 0 Å². The maximum atomic E-state index is 13.3. The molecule has 0 bridgehead atoms. The van der Waals surface area contributed by atoms with Crippen molar-refractivity contribution in [1.29, 1.82) is 0 Å². The Balaban J connectivity index is 2.47. The Labute approximate surface area is 126 Å². The molecule has 2 rings (SSSR count). The number of aryl methyl sites for hydroxylation is 2. The molecule has 118 valence electrons. The first-order chi connectivity index (χ1) is 10.1. The first-order valence-electron chi connectivity index (χ1n) is 6.17. The van der Waals surface area contributed by atoms with Crippen LogP contribution in [-0.2, 0) is 17.1 Å². The molecule has 0 radical (unpaired) electrons. The third-order valence-electron chi connectivity index (χ3n) is 3.21. The lowest BCUT2D eigenvalue weighted by Gasteiger charge is -2.11. The number of benzene rings is 1. The molecule has 0 saturated heterocycles. The highest BCUT2D eigenvalue weighted by Crippen LogP contribution is 2.23. The molecule has 0 fully saturated rings. The van der Waals surface area contributed by atoms with Gasteiger partial charge in [0.2, 0.25) is 0 Å². The fraction of sp³-hybridized carbons (Fsp3) is 0.231. The van der Waals surface area contributed by atoms with E-state index in [9.17, 15) is 22.7 Å². The van der Waals surface area contributed by atoms with Crippen LogP contribution in [0, 0.1) is 19.7 Å². The summed E-state index contributed by atoms with van der Waals surface area (Å²) >= 11 is 0. The van der Waals surface area contributed by atoms with Gasteiger partial charge in [-0.2, -0.15) is 5.10 Å². The molecule has 2 aromatic rings. The quantitative estimate of drug-likeness (QED) is 0.872. The molecular formula is C13H13FN3O4S-. The zero-order chi connectivity index (χ0) is 16.7. The van der Waals surface area contributed by atoms with Gasteiger partial charge in [0.15, 0.2) is 0 Å². The molecule has 9 heteroatoms. The van der Waals surface area contributed by atoms with Gasteiger partial charge in [0, 0.05) is 12.6 Å². The topological polar surface area (TPSA) is 104 Å². The lowest BCUT2D eigenvalue weighted by atomic mass is 10.2. The van der Waals surface area contributed by atoms with Crippen molar-refractivity contribution in [3.05, 3.63) is 41.0 Å². The van der Waals surface area contributed by atoms with Gasteiger partial charge in [-0.05, 0) is 32.0 Å². The first kappa shape index (κ1) is 16.0. The molecule has 0 aliphatic carbocycles. The van der Waals surface area contributed by atoms with Crippen LogP contribution in [0.3, 0.4) is 0 Å². The standard InChI is InChI=1S/C13H14FN3O4S/c1-7-12(8(2)17(3)15-7)16-22(20,21)9-4-5-11(14)10(6-9)13(18)19/h4-6,16H,1-3H3,(H,18,19)/p-1. The van der Waals surface area contributed by atoms with Crippen molar-refractivity contribution >= 4 is 21.7 Å². The van der Waals surface area contributed by atoms with Crippen LogP contribution in [-0.4, -0.2) is 24.2 Å². The molecule has 7 nitrogen and oxygen atoms in total. The van der Waals surface area contributed by atoms with Crippen LogP contribution in [0.2, 0.25) is 0 Å². The predicted molar refractivity (Wildman–Crippen MR) is 74.2 cm³/mol. The summed E-state index contributed by atoms with van der Waals surface area (Å²) in [6.07, 6.45) is 0. The average molecular weight is 326 g/mol. The van der Waals surface area contributed by atoms with Crippen LogP contribution in [0.15, 0.2) is 23.1 Å². The van der Waals surface area contributed by atoms with E-state index in [1.54, 1.807) is 20.9 Å². The van der Waals surface area contributed by atoms with E-state index in [1.807, 2.05) is 0 Å². The fourth-order valence-corrected chi connectivity index (χ4v) is 3.14. The minimum atomic E-state index is -4.08. The number of hydrogen-bond acceptors (Lipinski definition) is 5. The second-order valence-corrected chi connectivity index (χ2v) is 6.39. The van der Waals surface area contributed by atoms with Gasteiger partial charge in [0.05, 0.1) is 27.9 Å². The normalized spacial score (nSPS) is 11.5. The van der Waals surface area contributed by atoms with E-state index in [1.165, 1.54) is 4.68 Å². The van der Waals surface area contributed by atoms with Gasteiger partial charge in [-0.3, -0.25) is 9.40 Å². The van der Waals surface area contributed by atoms with Gasteiger partial charge in [-0.25, -0.2) is 12.8 Å². The lowest BCUT2D eigenvalue weighted by molar-refractivity contribution is -0.255. The van der Waals surface area contributed by atoms with Crippen molar-refractivity contribution in [3.63, 3.8) is 0 Å². The molecule has 0 atom stereocenters. The summed E-state index contributed by atoms with van der Waals surface area (Å²) in [6.45, 7) is 3.30. The third kappa shape index (κ3) is 2.80. The summed E-state index contributed by atoms with van der Waals surface area (Å²) in [7, 11) is -2.42. The van der Waals surface area contributed by atoms with Gasteiger partial charge < -0.3 is 9.90 Å². The van der Waals surface area contributed by atoms with Gasteiger partial charge in [0.25, 0.3) is 10.0 Å². The largest absolute Gasteiger partial charge is 0.545 e. The van der Waals surface area contributed by atoms with Crippen molar-refractivity contribution in [2.75, 3.05) is 4.72 Å². The van der Waals surface area contributed by atoms with Crippen LogP contribution in [0.4, 0.5) is 10.1 Å². The molecule has 0 saturated carbocycles. The number of rotatable bonds is 4. The predicted octanol–water partition coefficient (Wildman–Crippen LogP) is 0.340. The number of nitrogens with zero attached hydrogens (tertiary/aromatic N) is 2. The minimum absolute atomic E-state index is 0.293. The van der Waals surface area contributed by atoms with Crippen LogP contribution in [0.1, 0.15) is 21.7 Å². The van der Waals surface area contributed by atoms with Crippen molar-refractivity contribution in [3.8, 4) is 0 Å². The van der Waals surface area contributed by atoms with E-state index in [0.29, 0.717) is 23.1 Å². The number of carboxylic acids is 1. The number of carbonyl (C=O) groups excluding carboxylic acids is 1. The Morgan fingerprint density at radius 1 is 1.36 bits per heavy atom. The van der Waals surface area contributed by atoms with E-state index in [0.717, 1.165) is 12.1 Å². The molecule has 0 aliphatic rings. The molecule has 1 N–H and O–H groups in total. The Hall–Kier alpha value is -2.42. The molecule has 0 unspecified atom stereocenters. The SMILES string of the molecule is Cc1nn(C)c(C)c1NS(=O)(=O)c1ccc(F)c(C(=O)[O-])c1. The number of carbonyl (C=O) groups is 1. The number of hydrogen-bond donors (Lipinski definition) is 1. The Morgan fingerprint density at radius 3 is 2.50 bits per heavy atom. The van der Waals surface area contributed by atoms with Crippen LogP contribution in [0.25, 0.3) is 0 Å². The Kier molecular flexibility index (Phi) is 3.92. The van der Waals surface area contributed by atoms with Crippen molar-refractivity contribution in [2.45, 2.75) is 18.7 Å². The second-order valence-electron chi connectivity index (χ2n) is 4.70. The summed E-state index contributed by atoms with van der Waals surface area (Å²) in [5.41, 5.74) is 0.526. The van der Waals surface area contributed by atoms with E-state index in [4.69, 9.17) is 0 Å². The van der Waals surface area contributed by atoms with Crippen molar-refractivity contribution < 1.29 is 22.7 Å². The summed E-state index contributed by atoms with van der Waals surface area (Å²) in [5.74, 6) is -2.85. The monoisotopic (exact) mass is 326 g/mol. The maximum Gasteiger partial charge on any atom is 0.262 e. The van der Waals surface area contributed by atoms with Gasteiger partial charge in [-0.1, -0.05) is 0 Å². The highest BCUT2D eigenvalue weighted by molar-refractivity contribution is 7.92. The molecule has 1 heterocycles. The van der Waals surface area contributed by atoms with E-state index < -0.39 is 27.4 Å². The zero-order valence-corrected chi connectivity index (χ0v) is 12.9. The van der Waals surface area contributed by atoms with Gasteiger partial charge in [0.1, 0.15) is 5.82 Å². The number of sulfonamides is 1. The highest BCUT2D eigenvalue weighted by Gasteiger charge is 2.20. The second kappa shape index (κ2) is 5.41. The van der Waals surface area contributed by atoms with E-state index in [2.05, 4.69) is 9.82 Å². The van der Waals surface area contributed by atoms with Crippen LogP contribution < -0.4 is 9.83 Å². The number of aromatic carboxylic acids is 1. The number of halogens is 1. The number of aromatic nitrogens is 2. The van der Waals surface area contributed by atoms with Crippen molar-refractivity contribution in [1.82, 2.24) is 9.78 Å². The van der Waals surface area contributed by atoms with Crippen molar-refractivity contribution in [2.24, 2.45) is 7.05 Å². The molecular weight excluding hydrogens is 313 g/mol. The first-order valence-corrected chi connectivity index (χ1v) is 7.65. The average Bonchev–Trinajstić information content (AvgIpc) is 2.65. The van der Waals surface area contributed by atoms with Crippen LogP contribution in [0.5, 0.6) is 0 Å². The molecule has 1 aromatic carbocycles. The summed E-state index contributed by atoms with van der Waals surface area (Å²) in [5, 5.41) is 14.9.